The number of unbranched alkanes of at least 4 members (excludes halogenated alkanes) is 1. The molecule has 0 saturated carbocycles. The van der Waals surface area contributed by atoms with Gasteiger partial charge in [-0.1, -0.05) is 13.3 Å². The fraction of sp³-hybridized carbons (Fsp3) is 0.750. The van der Waals surface area contributed by atoms with Crippen LogP contribution in [0.3, 0.4) is 0 Å². The Labute approximate surface area is 79.4 Å². The Morgan fingerprint density at radius 2 is 1.57 bits per heavy atom. The average Bonchev–Trinajstić information content (AvgIpc) is 1.37. The van der Waals surface area contributed by atoms with E-state index in [4.69, 9.17) is 0 Å². The second-order valence-corrected chi connectivity index (χ2v) is 0.854. The summed E-state index contributed by atoms with van der Waals surface area (Å²) in [6, 6.07) is 0. The van der Waals surface area contributed by atoms with Crippen LogP contribution in [-0.2, 0) is 0 Å². The molecule has 0 spiro atoms. The molecule has 0 aliphatic heterocycles. The van der Waals surface area contributed by atoms with Gasteiger partial charge in [0.25, 0.3) is 0 Å². The van der Waals surface area contributed by atoms with E-state index in [1.54, 1.807) is 0 Å². The van der Waals surface area contributed by atoms with Gasteiger partial charge in [-0.2, -0.15) is 6.42 Å². The maximum atomic E-state index is 3.60. The van der Waals surface area contributed by atoms with Crippen LogP contribution in [0.2, 0.25) is 0 Å². The summed E-state index contributed by atoms with van der Waals surface area (Å²) in [5.74, 6) is 0. The summed E-state index contributed by atoms with van der Waals surface area (Å²) in [6.45, 7) is 5.72. The smallest absolute Gasteiger partial charge is 1.00 e. The first-order valence-corrected chi connectivity index (χ1v) is 1.71. The molecule has 0 rings (SSSR count). The van der Waals surface area contributed by atoms with Crippen LogP contribution in [0.25, 0.3) is 0 Å². The van der Waals surface area contributed by atoms with E-state index in [1.807, 2.05) is 0 Å². The van der Waals surface area contributed by atoms with Crippen molar-refractivity contribution in [2.24, 2.45) is 0 Å². The maximum Gasteiger partial charge on any atom is 2.00 e. The van der Waals surface area contributed by atoms with E-state index in [2.05, 4.69) is 13.8 Å². The van der Waals surface area contributed by atoms with Gasteiger partial charge in [-0.15, -0.1) is 0 Å². The molecule has 0 amide bonds. The molecular formula is C4H9ClGeMg. The molecule has 38 valence electrons. The van der Waals surface area contributed by atoms with Crippen molar-refractivity contribution < 1.29 is 12.4 Å². The zero-order valence-corrected chi connectivity index (χ0v) is 8.97. The van der Waals surface area contributed by atoms with Crippen molar-refractivity contribution in [3.8, 4) is 0 Å². The summed E-state index contributed by atoms with van der Waals surface area (Å²) in [5, 5.41) is 0. The minimum atomic E-state index is 0. The molecule has 0 aliphatic rings. The van der Waals surface area contributed by atoms with E-state index in [-0.39, 0.29) is 53.1 Å². The standard InChI is InChI=1S/C4H9.ClH.Ge.Mg/c1-3-4-2;;;/h1,3-4H2,2H3;1H;;/q-1;;;+2/p-1. The van der Waals surface area contributed by atoms with Crippen LogP contribution in [0.1, 0.15) is 19.8 Å². The summed E-state index contributed by atoms with van der Waals surface area (Å²) in [7, 11) is 0. The fourth-order valence-electron chi connectivity index (χ4n) is 0. The van der Waals surface area contributed by atoms with Gasteiger partial charge >= 0.3 is 23.1 Å². The molecule has 7 heavy (non-hydrogen) atoms. The molecule has 0 fully saturated rings. The largest absolute Gasteiger partial charge is 2.00 e. The van der Waals surface area contributed by atoms with E-state index in [0.29, 0.717) is 0 Å². The molecule has 0 saturated heterocycles. The minimum absolute atomic E-state index is 0. The summed E-state index contributed by atoms with van der Waals surface area (Å²) in [5.41, 5.74) is 0. The molecule has 0 aromatic rings. The minimum Gasteiger partial charge on any atom is -1.00 e. The predicted octanol–water partition coefficient (Wildman–Crippen LogP) is -2.14. The van der Waals surface area contributed by atoms with Crippen LogP contribution >= 0.6 is 0 Å². The third-order valence-electron chi connectivity index (χ3n) is 0.354. The Balaban J connectivity index is -0.0000000150. The van der Waals surface area contributed by atoms with Gasteiger partial charge in [-0.05, 0) is 0 Å². The Bertz CT molecular complexity index is 13.7. The molecule has 0 atom stereocenters. The monoisotopic (exact) mass is 190 g/mol. The number of hydrogen-bond acceptors (Lipinski definition) is 0. The van der Waals surface area contributed by atoms with Gasteiger partial charge in [-0.25, -0.2) is 0 Å². The molecule has 3 heteroatoms. The quantitative estimate of drug-likeness (QED) is 0.326. The average molecular weight is 189 g/mol. The summed E-state index contributed by atoms with van der Waals surface area (Å²) < 4.78 is 0. The molecule has 0 bridgehead atoms. The first kappa shape index (κ1) is 23.5. The van der Waals surface area contributed by atoms with Crippen molar-refractivity contribution in [1.29, 1.82) is 0 Å². The van der Waals surface area contributed by atoms with Gasteiger partial charge in [0.2, 0.25) is 0 Å². The van der Waals surface area contributed by atoms with Crippen molar-refractivity contribution in [2.45, 2.75) is 19.8 Å². The Morgan fingerprint density at radius 3 is 1.57 bits per heavy atom. The summed E-state index contributed by atoms with van der Waals surface area (Å²) >= 11 is 0. The maximum absolute atomic E-state index is 3.60. The summed E-state index contributed by atoms with van der Waals surface area (Å²) in [6.07, 6.45) is 2.28. The van der Waals surface area contributed by atoms with Crippen molar-refractivity contribution in [2.75, 3.05) is 0 Å². The van der Waals surface area contributed by atoms with Gasteiger partial charge in [0, 0.05) is 17.6 Å². The molecule has 0 aromatic heterocycles. The number of hydrogen-bond donors (Lipinski definition) is 0. The van der Waals surface area contributed by atoms with E-state index in [0.717, 1.165) is 6.42 Å². The number of rotatable bonds is 1. The second-order valence-electron chi connectivity index (χ2n) is 0.854. The van der Waals surface area contributed by atoms with Crippen molar-refractivity contribution in [3.05, 3.63) is 6.92 Å². The van der Waals surface area contributed by atoms with Crippen molar-refractivity contribution >= 4 is 40.6 Å². The predicted molar refractivity (Wildman–Crippen MR) is 31.8 cm³/mol. The SMILES string of the molecule is [CH2-]CCC.[Cl-].[Ge].[Mg+2]. The zero-order valence-electron chi connectivity index (χ0n) is 4.71. The zero-order chi connectivity index (χ0) is 3.41. The fourth-order valence-corrected chi connectivity index (χ4v) is 0. The third kappa shape index (κ3) is 35.3. The Morgan fingerprint density at radius 1 is 1.43 bits per heavy atom. The number of halogens is 1. The Hall–Kier alpha value is 1.60. The van der Waals surface area contributed by atoms with Gasteiger partial charge in [0.15, 0.2) is 0 Å². The summed E-state index contributed by atoms with van der Waals surface area (Å²) in [4.78, 5) is 0. The third-order valence-corrected chi connectivity index (χ3v) is 0.354. The topological polar surface area (TPSA) is 0 Å². The second kappa shape index (κ2) is 25.5. The van der Waals surface area contributed by atoms with Crippen LogP contribution in [0.4, 0.5) is 0 Å². The molecular weight excluding hydrogens is 180 g/mol. The first-order valence-electron chi connectivity index (χ1n) is 1.71. The normalized spacial score (nSPS) is 4.29. The van der Waals surface area contributed by atoms with Crippen LogP contribution in [0.15, 0.2) is 0 Å². The van der Waals surface area contributed by atoms with Crippen LogP contribution in [-0.4, -0.2) is 40.6 Å². The van der Waals surface area contributed by atoms with Gasteiger partial charge < -0.3 is 19.3 Å². The molecule has 0 heterocycles. The van der Waals surface area contributed by atoms with E-state index in [9.17, 15) is 0 Å². The van der Waals surface area contributed by atoms with E-state index in [1.165, 1.54) is 6.42 Å². The molecule has 0 aromatic carbocycles. The van der Waals surface area contributed by atoms with Crippen molar-refractivity contribution in [1.82, 2.24) is 0 Å². The molecule has 4 radical (unpaired) electrons. The molecule has 0 aliphatic carbocycles. The van der Waals surface area contributed by atoms with Gasteiger partial charge in [0.05, 0.1) is 0 Å². The van der Waals surface area contributed by atoms with E-state index >= 15 is 0 Å². The van der Waals surface area contributed by atoms with Crippen molar-refractivity contribution in [3.63, 3.8) is 0 Å². The van der Waals surface area contributed by atoms with Gasteiger partial charge in [-0.3, -0.25) is 0 Å². The van der Waals surface area contributed by atoms with Crippen LogP contribution < -0.4 is 12.4 Å². The first-order chi connectivity index (χ1) is 1.91. The van der Waals surface area contributed by atoms with Gasteiger partial charge in [0.1, 0.15) is 0 Å². The molecule has 0 nitrogen and oxygen atoms in total. The molecule has 0 N–H and O–H groups in total. The Kier molecular flexibility index (Phi) is 85.7. The molecule has 0 unspecified atom stereocenters. The van der Waals surface area contributed by atoms with E-state index < -0.39 is 0 Å². The van der Waals surface area contributed by atoms with Crippen LogP contribution in [0.5, 0.6) is 0 Å². The van der Waals surface area contributed by atoms with Crippen LogP contribution in [0, 0.1) is 6.92 Å².